The minimum Gasteiger partial charge on any atom is -0.436 e. The van der Waals surface area contributed by atoms with E-state index in [4.69, 9.17) is 10.00 Å². The first-order valence-electron chi connectivity index (χ1n) is 5.11. The largest absolute Gasteiger partial charge is 0.436 e. The Balaban J connectivity index is 2.43. The second-order valence-corrected chi connectivity index (χ2v) is 4.45. The van der Waals surface area contributed by atoms with Gasteiger partial charge in [0.2, 0.25) is 5.88 Å². The minimum absolute atomic E-state index is 0.170. The number of aryl methyl sites for hydroxylation is 1. The molecule has 3 nitrogen and oxygen atoms in total. The van der Waals surface area contributed by atoms with E-state index in [0.29, 0.717) is 10.0 Å². The van der Waals surface area contributed by atoms with Gasteiger partial charge in [-0.3, -0.25) is 0 Å². The Hall–Kier alpha value is -1.93. The van der Waals surface area contributed by atoms with E-state index in [1.165, 1.54) is 18.2 Å². The molecule has 2 rings (SSSR count). The molecule has 0 fully saturated rings. The summed E-state index contributed by atoms with van der Waals surface area (Å²) in [5.74, 6) is 0.0350. The summed E-state index contributed by atoms with van der Waals surface area (Å²) in [5, 5.41) is 8.96. The van der Waals surface area contributed by atoms with E-state index in [9.17, 15) is 4.39 Å². The Kier molecular flexibility index (Phi) is 3.58. The van der Waals surface area contributed by atoms with Crippen LogP contribution in [0.1, 0.15) is 11.3 Å². The molecule has 0 aliphatic carbocycles. The summed E-state index contributed by atoms with van der Waals surface area (Å²) in [7, 11) is 0. The summed E-state index contributed by atoms with van der Waals surface area (Å²) >= 11 is 3.25. The second kappa shape index (κ2) is 5.15. The quantitative estimate of drug-likeness (QED) is 0.843. The van der Waals surface area contributed by atoms with Gasteiger partial charge in [-0.1, -0.05) is 0 Å². The standard InChI is InChI=1S/C13H8BrFN2O/c1-8-2-3-9(7-16)13(17-8)18-12-6-10(15)4-5-11(12)14/h2-6H,1H3. The van der Waals surface area contributed by atoms with Crippen LogP contribution in [0.2, 0.25) is 0 Å². The van der Waals surface area contributed by atoms with Gasteiger partial charge in [0.25, 0.3) is 0 Å². The number of aromatic nitrogens is 1. The zero-order chi connectivity index (χ0) is 13.1. The number of rotatable bonds is 2. The molecular weight excluding hydrogens is 299 g/mol. The maximum absolute atomic E-state index is 13.1. The van der Waals surface area contributed by atoms with E-state index < -0.39 is 5.82 Å². The van der Waals surface area contributed by atoms with Crippen LogP contribution in [0.5, 0.6) is 11.6 Å². The van der Waals surface area contributed by atoms with E-state index in [1.807, 2.05) is 6.07 Å². The normalized spacial score (nSPS) is 9.89. The number of ether oxygens (including phenoxy) is 1. The first-order valence-corrected chi connectivity index (χ1v) is 5.90. The van der Waals surface area contributed by atoms with E-state index in [-0.39, 0.29) is 11.6 Å². The van der Waals surface area contributed by atoms with Crippen molar-refractivity contribution in [1.29, 1.82) is 5.26 Å². The van der Waals surface area contributed by atoms with E-state index in [2.05, 4.69) is 20.9 Å². The van der Waals surface area contributed by atoms with Crippen LogP contribution < -0.4 is 4.74 Å². The Bertz CT molecular complexity index is 637. The molecule has 1 aromatic heterocycles. The molecule has 0 saturated carbocycles. The zero-order valence-corrected chi connectivity index (χ0v) is 11.0. The molecule has 0 atom stereocenters. The van der Waals surface area contributed by atoms with Gasteiger partial charge < -0.3 is 4.74 Å². The van der Waals surface area contributed by atoms with Crippen LogP contribution in [0, 0.1) is 24.1 Å². The molecule has 5 heteroatoms. The van der Waals surface area contributed by atoms with Gasteiger partial charge in [-0.25, -0.2) is 9.37 Å². The maximum atomic E-state index is 13.1. The number of benzene rings is 1. The summed E-state index contributed by atoms with van der Waals surface area (Å²) in [6.45, 7) is 1.79. The van der Waals surface area contributed by atoms with Crippen LogP contribution in [0.3, 0.4) is 0 Å². The summed E-state index contributed by atoms with van der Waals surface area (Å²) in [6.07, 6.45) is 0. The van der Waals surface area contributed by atoms with Gasteiger partial charge in [0.05, 0.1) is 4.47 Å². The minimum atomic E-state index is -0.417. The summed E-state index contributed by atoms with van der Waals surface area (Å²) < 4.78 is 19.2. The Morgan fingerprint density at radius 1 is 1.33 bits per heavy atom. The summed E-state index contributed by atoms with van der Waals surface area (Å²) in [4.78, 5) is 4.12. The first kappa shape index (κ1) is 12.5. The fraction of sp³-hybridized carbons (Fsp3) is 0.0769. The molecule has 1 aromatic carbocycles. The number of nitrogens with zero attached hydrogens (tertiary/aromatic N) is 2. The lowest BCUT2D eigenvalue weighted by atomic mass is 10.2. The maximum Gasteiger partial charge on any atom is 0.237 e. The summed E-state index contributed by atoms with van der Waals surface area (Å²) in [6, 6.07) is 9.39. The van der Waals surface area contributed by atoms with Crippen LogP contribution in [-0.2, 0) is 0 Å². The van der Waals surface area contributed by atoms with Crippen LogP contribution >= 0.6 is 15.9 Å². The first-order chi connectivity index (χ1) is 8.60. The van der Waals surface area contributed by atoms with Crippen LogP contribution in [-0.4, -0.2) is 4.98 Å². The van der Waals surface area contributed by atoms with Crippen molar-refractivity contribution in [3.63, 3.8) is 0 Å². The fourth-order valence-electron chi connectivity index (χ4n) is 1.36. The van der Waals surface area contributed by atoms with Gasteiger partial charge >= 0.3 is 0 Å². The average Bonchev–Trinajstić information content (AvgIpc) is 2.34. The third-order valence-corrected chi connectivity index (χ3v) is 2.87. The molecule has 0 saturated heterocycles. The van der Waals surface area contributed by atoms with Crippen molar-refractivity contribution in [2.24, 2.45) is 0 Å². The molecule has 0 aliphatic heterocycles. The van der Waals surface area contributed by atoms with Crippen molar-refractivity contribution in [3.05, 3.63) is 51.9 Å². The summed E-state index contributed by atoms with van der Waals surface area (Å²) in [5.41, 5.74) is 1.02. The lowest BCUT2D eigenvalue weighted by molar-refractivity contribution is 0.452. The van der Waals surface area contributed by atoms with Gasteiger partial charge in [-0.2, -0.15) is 5.26 Å². The molecule has 2 aromatic rings. The predicted molar refractivity (Wildman–Crippen MR) is 67.9 cm³/mol. The van der Waals surface area contributed by atoms with Crippen molar-refractivity contribution >= 4 is 15.9 Å². The molecule has 18 heavy (non-hydrogen) atoms. The molecule has 0 spiro atoms. The van der Waals surface area contributed by atoms with Crippen LogP contribution in [0.25, 0.3) is 0 Å². The lowest BCUT2D eigenvalue weighted by Gasteiger charge is -2.08. The SMILES string of the molecule is Cc1ccc(C#N)c(Oc2cc(F)ccc2Br)n1. The highest BCUT2D eigenvalue weighted by atomic mass is 79.9. The number of halogens is 2. The van der Waals surface area contributed by atoms with Gasteiger partial charge in [-0.15, -0.1) is 0 Å². The molecule has 90 valence electrons. The number of pyridine rings is 1. The Morgan fingerprint density at radius 2 is 2.11 bits per heavy atom. The van der Waals surface area contributed by atoms with E-state index >= 15 is 0 Å². The molecule has 1 heterocycles. The zero-order valence-electron chi connectivity index (χ0n) is 9.45. The van der Waals surface area contributed by atoms with E-state index in [0.717, 1.165) is 5.69 Å². The van der Waals surface area contributed by atoms with Gasteiger partial charge in [0, 0.05) is 11.8 Å². The third kappa shape index (κ3) is 2.66. The monoisotopic (exact) mass is 306 g/mol. The van der Waals surface area contributed by atoms with E-state index in [1.54, 1.807) is 19.1 Å². The van der Waals surface area contributed by atoms with Crippen molar-refractivity contribution in [2.45, 2.75) is 6.92 Å². The van der Waals surface area contributed by atoms with Gasteiger partial charge in [0.1, 0.15) is 23.2 Å². The lowest BCUT2D eigenvalue weighted by Crippen LogP contribution is -1.94. The Labute approximate surface area is 112 Å². The number of nitriles is 1. The topological polar surface area (TPSA) is 45.9 Å². The van der Waals surface area contributed by atoms with Gasteiger partial charge in [0.15, 0.2) is 0 Å². The second-order valence-electron chi connectivity index (χ2n) is 3.59. The predicted octanol–water partition coefficient (Wildman–Crippen LogP) is 3.96. The Morgan fingerprint density at radius 3 is 2.83 bits per heavy atom. The fourth-order valence-corrected chi connectivity index (χ4v) is 1.68. The highest BCUT2D eigenvalue weighted by Crippen LogP contribution is 2.30. The molecule has 0 bridgehead atoms. The molecular formula is C13H8BrFN2O. The van der Waals surface area contributed by atoms with Gasteiger partial charge in [-0.05, 0) is 47.1 Å². The van der Waals surface area contributed by atoms with Crippen LogP contribution in [0.4, 0.5) is 4.39 Å². The van der Waals surface area contributed by atoms with Crippen molar-refractivity contribution in [1.82, 2.24) is 4.98 Å². The smallest absolute Gasteiger partial charge is 0.237 e. The van der Waals surface area contributed by atoms with Crippen molar-refractivity contribution in [2.75, 3.05) is 0 Å². The number of hydrogen-bond donors (Lipinski definition) is 0. The highest BCUT2D eigenvalue weighted by molar-refractivity contribution is 9.10. The number of hydrogen-bond acceptors (Lipinski definition) is 3. The molecule has 0 unspecified atom stereocenters. The molecule has 0 radical (unpaired) electrons. The average molecular weight is 307 g/mol. The third-order valence-electron chi connectivity index (χ3n) is 2.22. The van der Waals surface area contributed by atoms with Crippen molar-refractivity contribution < 1.29 is 9.13 Å². The molecule has 0 aliphatic rings. The van der Waals surface area contributed by atoms with Crippen LogP contribution in [0.15, 0.2) is 34.8 Å². The highest BCUT2D eigenvalue weighted by Gasteiger charge is 2.10. The molecule has 0 amide bonds. The van der Waals surface area contributed by atoms with Crippen molar-refractivity contribution in [3.8, 4) is 17.7 Å². The molecule has 0 N–H and O–H groups in total.